The van der Waals surface area contributed by atoms with Crippen LogP contribution in [0.5, 0.6) is 5.75 Å². The molecule has 4 heterocycles. The molecule has 11 nitrogen and oxygen atoms in total. The van der Waals surface area contributed by atoms with Gasteiger partial charge in [0, 0.05) is 74.1 Å². The average Bonchev–Trinajstić information content (AvgIpc) is 3.35. The lowest BCUT2D eigenvalue weighted by molar-refractivity contribution is -0.174. The molecule has 1 atom stereocenters. The van der Waals surface area contributed by atoms with Crippen LogP contribution < -0.4 is 26.7 Å². The van der Waals surface area contributed by atoms with Gasteiger partial charge in [-0.3, -0.25) is 4.79 Å². The first-order valence-corrected chi connectivity index (χ1v) is 16.0. The summed E-state index contributed by atoms with van der Waals surface area (Å²) in [5, 5.41) is 16.4. The van der Waals surface area contributed by atoms with E-state index in [0.717, 1.165) is 41.7 Å². The lowest BCUT2D eigenvalue weighted by Crippen LogP contribution is -2.57. The molecular formula is C35H46N4O7. The normalized spacial score (nSPS) is 20.2. The predicted molar refractivity (Wildman–Crippen MR) is 175 cm³/mol. The van der Waals surface area contributed by atoms with E-state index in [0.29, 0.717) is 66.4 Å². The van der Waals surface area contributed by atoms with Crippen molar-refractivity contribution in [1.82, 2.24) is 15.5 Å². The predicted octanol–water partition coefficient (Wildman–Crippen LogP) is 2.84. The number of nitrogens with one attached hydrogen (secondary N) is 2. The molecule has 1 fully saturated rings. The molecule has 1 amide bonds. The van der Waals surface area contributed by atoms with Crippen LogP contribution in [0, 0.1) is 5.92 Å². The minimum absolute atomic E-state index is 0.0225. The van der Waals surface area contributed by atoms with Gasteiger partial charge < -0.3 is 40.3 Å². The third kappa shape index (κ3) is 6.71. The number of benzene rings is 1. The smallest absolute Gasteiger partial charge is 0.339 e. The summed E-state index contributed by atoms with van der Waals surface area (Å²) in [4.78, 5) is 41.0. The second-order valence-electron chi connectivity index (χ2n) is 13.2. The molecule has 0 aliphatic carbocycles. The van der Waals surface area contributed by atoms with E-state index in [2.05, 4.69) is 10.6 Å². The van der Waals surface area contributed by atoms with Gasteiger partial charge >= 0.3 is 11.6 Å². The first kappa shape index (κ1) is 33.3. The Bertz CT molecular complexity index is 1660. The number of allylic oxidation sites excluding steroid dienone is 2. The van der Waals surface area contributed by atoms with Crippen molar-refractivity contribution in [3.63, 3.8) is 0 Å². The zero-order valence-corrected chi connectivity index (χ0v) is 27.5. The average molecular weight is 635 g/mol. The molecule has 1 unspecified atom stereocenters. The number of rotatable bonds is 12. The topological polar surface area (TPSA) is 156 Å². The van der Waals surface area contributed by atoms with Crippen molar-refractivity contribution in [2.75, 3.05) is 39.8 Å². The third-order valence-electron chi connectivity index (χ3n) is 9.51. The van der Waals surface area contributed by atoms with Crippen LogP contribution in [-0.2, 0) is 27.2 Å². The van der Waals surface area contributed by atoms with Gasteiger partial charge in [0.1, 0.15) is 16.9 Å². The fourth-order valence-electron chi connectivity index (χ4n) is 6.45. The van der Waals surface area contributed by atoms with Crippen LogP contribution in [-0.4, -0.2) is 72.9 Å². The Balaban J connectivity index is 1.52. The number of carbonyl (C=O) groups is 2. The number of nitrogens with zero attached hydrogens (tertiary/aromatic N) is 1. The van der Waals surface area contributed by atoms with Gasteiger partial charge in [-0.25, -0.2) is 9.59 Å². The van der Waals surface area contributed by atoms with Gasteiger partial charge in [-0.05, 0) is 82.5 Å². The van der Waals surface area contributed by atoms with Gasteiger partial charge in [0.2, 0.25) is 5.91 Å². The van der Waals surface area contributed by atoms with E-state index >= 15 is 0 Å². The molecule has 0 spiro atoms. The molecule has 2 aromatic rings. The van der Waals surface area contributed by atoms with E-state index < -0.39 is 22.8 Å². The Hall–Kier alpha value is -4.09. The third-order valence-corrected chi connectivity index (χ3v) is 9.51. The fourth-order valence-corrected chi connectivity index (χ4v) is 6.45. The zero-order chi connectivity index (χ0) is 33.2. The quantitative estimate of drug-likeness (QED) is 0.156. The fraction of sp³-hybridized carbons (Fsp3) is 0.514. The maximum atomic E-state index is 13.3. The van der Waals surface area contributed by atoms with Crippen molar-refractivity contribution in [3.05, 3.63) is 74.4 Å². The van der Waals surface area contributed by atoms with Crippen molar-refractivity contribution in [3.8, 4) is 5.75 Å². The van der Waals surface area contributed by atoms with Gasteiger partial charge in [0.05, 0.1) is 12.2 Å². The summed E-state index contributed by atoms with van der Waals surface area (Å²) >= 11 is 0. The SMILES string of the molecule is CC=C(C)C(=O)OC(C)(C)C1(CC2=C(CC(=O)N3CC(CNC)C3)CNC(N)=C2)Cc2cc3cc(CCCO)c(=O)oc3cc2O1. The van der Waals surface area contributed by atoms with E-state index in [4.69, 9.17) is 19.6 Å². The molecule has 1 aromatic carbocycles. The lowest BCUT2D eigenvalue weighted by Gasteiger charge is -2.43. The summed E-state index contributed by atoms with van der Waals surface area (Å²) in [7, 11) is 1.92. The Kier molecular flexibility index (Phi) is 9.65. The first-order valence-electron chi connectivity index (χ1n) is 16.0. The summed E-state index contributed by atoms with van der Waals surface area (Å²) < 4.78 is 18.6. The maximum Gasteiger partial charge on any atom is 0.339 e. The van der Waals surface area contributed by atoms with Crippen molar-refractivity contribution in [1.29, 1.82) is 0 Å². The van der Waals surface area contributed by atoms with Gasteiger partial charge in [0.25, 0.3) is 0 Å². The van der Waals surface area contributed by atoms with Gasteiger partial charge in [-0.1, -0.05) is 6.08 Å². The summed E-state index contributed by atoms with van der Waals surface area (Å²) in [5.74, 6) is 1.09. The molecule has 1 saturated heterocycles. The second-order valence-corrected chi connectivity index (χ2v) is 13.2. The Morgan fingerprint density at radius 2 is 2.04 bits per heavy atom. The number of aliphatic hydroxyl groups is 1. The van der Waals surface area contributed by atoms with Crippen LogP contribution in [0.3, 0.4) is 0 Å². The highest BCUT2D eigenvalue weighted by Gasteiger charge is 2.55. The number of aliphatic hydroxyl groups excluding tert-OH is 1. The maximum absolute atomic E-state index is 13.3. The molecule has 5 N–H and O–H groups in total. The molecular weight excluding hydrogens is 588 g/mol. The molecule has 0 bridgehead atoms. The van der Waals surface area contributed by atoms with Crippen LogP contribution >= 0.6 is 0 Å². The highest BCUT2D eigenvalue weighted by Crippen LogP contribution is 2.48. The van der Waals surface area contributed by atoms with Gasteiger partial charge in [0.15, 0.2) is 5.60 Å². The summed E-state index contributed by atoms with van der Waals surface area (Å²) in [6, 6.07) is 5.47. The molecule has 1 aromatic heterocycles. The zero-order valence-electron chi connectivity index (χ0n) is 27.5. The number of hydrogen-bond donors (Lipinski definition) is 4. The standard InChI is InChI=1S/C35H46N4O7/c1-6-21(2)32(42)46-34(3,4)35(15-25-12-30(36)38-18-27(25)13-31(41)39-19-22(20-39)17-37-5)16-26-11-24-10-23(8-7-9-40)33(43)44-28(24)14-29(26)45-35/h6,10-12,14,22,37-38,40H,7-9,13,15-20,36H2,1-5H3. The second kappa shape index (κ2) is 13.3. The van der Waals surface area contributed by atoms with E-state index in [1.165, 1.54) is 0 Å². The number of ether oxygens (including phenoxy) is 2. The molecule has 248 valence electrons. The Morgan fingerprint density at radius 1 is 1.28 bits per heavy atom. The molecule has 46 heavy (non-hydrogen) atoms. The van der Waals surface area contributed by atoms with Crippen molar-refractivity contribution >= 4 is 22.8 Å². The molecule has 11 heteroatoms. The molecule has 0 radical (unpaired) electrons. The molecule has 3 aliphatic heterocycles. The van der Waals surface area contributed by atoms with E-state index in [1.807, 2.05) is 37.9 Å². The lowest BCUT2D eigenvalue weighted by atomic mass is 9.75. The van der Waals surface area contributed by atoms with Crippen LogP contribution in [0.25, 0.3) is 11.0 Å². The van der Waals surface area contributed by atoms with E-state index in [9.17, 15) is 19.5 Å². The van der Waals surface area contributed by atoms with Crippen LogP contribution in [0.15, 0.2) is 62.1 Å². The Morgan fingerprint density at radius 3 is 2.74 bits per heavy atom. The van der Waals surface area contributed by atoms with Crippen LogP contribution in [0.1, 0.15) is 58.1 Å². The first-order chi connectivity index (χ1) is 21.9. The number of fused-ring (bicyclic) bond motifs is 2. The van der Waals surface area contributed by atoms with Gasteiger partial charge in [-0.2, -0.15) is 0 Å². The summed E-state index contributed by atoms with van der Waals surface area (Å²) in [6.07, 6.45) is 5.36. The highest BCUT2D eigenvalue weighted by molar-refractivity contribution is 5.88. The summed E-state index contributed by atoms with van der Waals surface area (Å²) in [5.41, 5.74) is 7.60. The van der Waals surface area contributed by atoms with Gasteiger partial charge in [-0.15, -0.1) is 0 Å². The van der Waals surface area contributed by atoms with Crippen molar-refractivity contribution < 1.29 is 28.6 Å². The number of carbonyl (C=O) groups excluding carboxylic acids is 2. The minimum atomic E-state index is -1.14. The Labute approximate surface area is 269 Å². The highest BCUT2D eigenvalue weighted by atomic mass is 16.6. The monoisotopic (exact) mass is 634 g/mol. The van der Waals surface area contributed by atoms with Crippen LogP contribution in [0.4, 0.5) is 0 Å². The van der Waals surface area contributed by atoms with E-state index in [-0.39, 0.29) is 18.9 Å². The number of esters is 1. The van der Waals surface area contributed by atoms with E-state index in [1.54, 1.807) is 32.1 Å². The number of amides is 1. The minimum Gasteiger partial charge on any atom is -0.482 e. The van der Waals surface area contributed by atoms with Crippen LogP contribution in [0.2, 0.25) is 0 Å². The number of hydrogen-bond acceptors (Lipinski definition) is 10. The number of nitrogens with two attached hydrogens (primary N) is 1. The number of dihydropyridines is 1. The number of aryl methyl sites for hydroxylation is 1. The number of likely N-dealkylation sites (tertiary alicyclic amines) is 1. The molecule has 3 aliphatic rings. The van der Waals surface area contributed by atoms with Crippen molar-refractivity contribution in [2.24, 2.45) is 11.7 Å². The summed E-state index contributed by atoms with van der Waals surface area (Å²) in [6.45, 7) is 9.91. The largest absolute Gasteiger partial charge is 0.482 e. The molecule has 5 rings (SSSR count). The van der Waals surface area contributed by atoms with Crippen molar-refractivity contribution in [2.45, 2.75) is 71.0 Å². The molecule has 0 saturated carbocycles.